The number of ether oxygens (including phenoxy) is 1. The summed E-state index contributed by atoms with van der Waals surface area (Å²) in [5.41, 5.74) is 1.77. The van der Waals surface area contributed by atoms with Crippen molar-refractivity contribution in [1.29, 1.82) is 0 Å². The van der Waals surface area contributed by atoms with E-state index >= 15 is 0 Å². The molecule has 1 N–H and O–H groups in total. The van der Waals surface area contributed by atoms with Crippen LogP contribution in [-0.2, 0) is 11.0 Å². The Morgan fingerprint density at radius 1 is 1.14 bits per heavy atom. The Bertz CT molecular complexity index is 1250. The molecule has 5 rings (SSSR count). The van der Waals surface area contributed by atoms with Crippen molar-refractivity contribution in [3.8, 4) is 5.75 Å². The van der Waals surface area contributed by atoms with E-state index in [0.29, 0.717) is 37.4 Å². The van der Waals surface area contributed by atoms with Crippen LogP contribution in [0.5, 0.6) is 5.75 Å². The maximum absolute atomic E-state index is 12.8. The van der Waals surface area contributed by atoms with Crippen molar-refractivity contribution in [2.24, 2.45) is 5.16 Å². The molecule has 0 spiro atoms. The van der Waals surface area contributed by atoms with Gasteiger partial charge in [-0.05, 0) is 43.7 Å². The molecule has 2 aliphatic rings. The molecule has 0 amide bonds. The number of alkyl halides is 3. The summed E-state index contributed by atoms with van der Waals surface area (Å²) in [4.78, 5) is 14.4. The summed E-state index contributed by atoms with van der Waals surface area (Å²) < 4.78 is 45.8. The Balaban J connectivity index is 1.13. The molecule has 2 aliphatic heterocycles. The fraction of sp³-hybridized carbons (Fsp3) is 0.462. The van der Waals surface area contributed by atoms with Gasteiger partial charge in [-0.2, -0.15) is 13.2 Å². The minimum absolute atomic E-state index is 0.370. The number of aromatic nitrogens is 1. The molecular formula is C26H29F3N4O3S. The molecule has 2 aromatic carbocycles. The standard InChI is InChI=1S/C26H29F3N4O3S/c1-16(34)25(35-21-7-8-24-22(14-21)30-17(2)37-24)33-11-9-32(10-12-33)15-20-13-23(36-31-20)18-3-5-19(6-4-18)26(27,28)29/h3-8,14,16,23,25,34H,9-13,15H2,1-2H3/t16-,23?,25?/m1/s1. The van der Waals surface area contributed by atoms with Gasteiger partial charge >= 0.3 is 6.18 Å². The number of piperazine rings is 1. The molecule has 0 radical (unpaired) electrons. The number of oxime groups is 1. The van der Waals surface area contributed by atoms with Gasteiger partial charge in [0.25, 0.3) is 0 Å². The van der Waals surface area contributed by atoms with Crippen molar-refractivity contribution in [3.63, 3.8) is 0 Å². The second-order valence-electron chi connectivity index (χ2n) is 9.50. The third-order valence-corrected chi connectivity index (χ3v) is 7.60. The average Bonchev–Trinajstić information content (AvgIpc) is 3.48. The number of benzene rings is 2. The van der Waals surface area contributed by atoms with Crippen LogP contribution in [0.25, 0.3) is 10.2 Å². The van der Waals surface area contributed by atoms with Crippen LogP contribution >= 0.6 is 11.3 Å². The molecule has 3 heterocycles. The molecule has 0 saturated carbocycles. The van der Waals surface area contributed by atoms with Crippen molar-refractivity contribution in [3.05, 3.63) is 58.6 Å². The fourth-order valence-electron chi connectivity index (χ4n) is 4.73. The zero-order chi connectivity index (χ0) is 26.2. The summed E-state index contributed by atoms with van der Waals surface area (Å²) in [5.74, 6) is 0.679. The van der Waals surface area contributed by atoms with E-state index in [2.05, 4.69) is 19.9 Å². The molecule has 198 valence electrons. The number of fused-ring (bicyclic) bond motifs is 1. The van der Waals surface area contributed by atoms with Gasteiger partial charge < -0.3 is 14.7 Å². The number of hydrogen-bond acceptors (Lipinski definition) is 8. The van der Waals surface area contributed by atoms with Crippen LogP contribution in [0.3, 0.4) is 0 Å². The van der Waals surface area contributed by atoms with E-state index in [1.165, 1.54) is 12.1 Å². The minimum atomic E-state index is -4.36. The highest BCUT2D eigenvalue weighted by Gasteiger charge is 2.32. The van der Waals surface area contributed by atoms with Gasteiger partial charge in [-0.15, -0.1) is 11.3 Å². The number of aliphatic hydroxyl groups excluding tert-OH is 1. The summed E-state index contributed by atoms with van der Waals surface area (Å²) >= 11 is 1.64. The van der Waals surface area contributed by atoms with Crippen molar-refractivity contribution in [2.75, 3.05) is 32.7 Å². The lowest BCUT2D eigenvalue weighted by atomic mass is 10.0. The molecule has 1 fully saturated rings. The Morgan fingerprint density at radius 3 is 2.54 bits per heavy atom. The lowest BCUT2D eigenvalue weighted by Crippen LogP contribution is -2.55. The SMILES string of the molecule is Cc1nc2cc(OC([C@@H](C)O)N3CCN(CC4=NOC(c5ccc(C(F)(F)F)cc5)C4)CC3)ccc2s1. The van der Waals surface area contributed by atoms with E-state index in [0.717, 1.165) is 46.2 Å². The van der Waals surface area contributed by atoms with Crippen molar-refractivity contribution >= 4 is 27.3 Å². The second kappa shape index (κ2) is 10.6. The van der Waals surface area contributed by atoms with E-state index < -0.39 is 24.1 Å². The lowest BCUT2D eigenvalue weighted by molar-refractivity contribution is -0.137. The first kappa shape index (κ1) is 25.9. The first-order valence-corrected chi connectivity index (χ1v) is 13.0. The number of rotatable bonds is 7. The highest BCUT2D eigenvalue weighted by Crippen LogP contribution is 2.33. The normalized spacial score (nSPS) is 21.0. The molecule has 1 saturated heterocycles. The van der Waals surface area contributed by atoms with Gasteiger partial charge in [0.15, 0.2) is 12.3 Å². The molecule has 37 heavy (non-hydrogen) atoms. The van der Waals surface area contributed by atoms with Crippen LogP contribution < -0.4 is 4.74 Å². The first-order chi connectivity index (χ1) is 17.7. The monoisotopic (exact) mass is 534 g/mol. The highest BCUT2D eigenvalue weighted by molar-refractivity contribution is 7.18. The number of nitrogens with zero attached hydrogens (tertiary/aromatic N) is 4. The van der Waals surface area contributed by atoms with Crippen molar-refractivity contribution in [1.82, 2.24) is 14.8 Å². The molecule has 0 aliphatic carbocycles. The van der Waals surface area contributed by atoms with E-state index in [1.54, 1.807) is 18.3 Å². The second-order valence-corrected chi connectivity index (χ2v) is 10.7. The highest BCUT2D eigenvalue weighted by atomic mass is 32.1. The van der Waals surface area contributed by atoms with Crippen LogP contribution in [0.15, 0.2) is 47.6 Å². The van der Waals surface area contributed by atoms with E-state index in [-0.39, 0.29) is 6.10 Å². The van der Waals surface area contributed by atoms with E-state index in [9.17, 15) is 18.3 Å². The quantitative estimate of drug-likeness (QED) is 0.468. The summed E-state index contributed by atoms with van der Waals surface area (Å²) in [7, 11) is 0. The third kappa shape index (κ3) is 6.06. The Hall–Kier alpha value is -2.73. The Morgan fingerprint density at radius 2 is 1.86 bits per heavy atom. The number of halogens is 3. The summed E-state index contributed by atoms with van der Waals surface area (Å²) in [6.45, 7) is 7.29. The van der Waals surface area contributed by atoms with Gasteiger partial charge in [-0.25, -0.2) is 4.98 Å². The number of aliphatic hydroxyl groups is 1. The smallest absolute Gasteiger partial charge is 0.416 e. The topological polar surface area (TPSA) is 70.4 Å². The molecule has 0 bridgehead atoms. The van der Waals surface area contributed by atoms with Gasteiger partial charge in [-0.3, -0.25) is 9.80 Å². The van der Waals surface area contributed by atoms with Gasteiger partial charge in [-0.1, -0.05) is 17.3 Å². The summed E-state index contributed by atoms with van der Waals surface area (Å²) in [6.07, 6.45) is -5.34. The first-order valence-electron chi connectivity index (χ1n) is 12.2. The molecule has 3 atom stereocenters. The number of aryl methyl sites for hydroxylation is 1. The molecule has 3 aromatic rings. The summed E-state index contributed by atoms with van der Waals surface area (Å²) in [6, 6.07) is 10.9. The van der Waals surface area contributed by atoms with Crippen LogP contribution in [0.2, 0.25) is 0 Å². The molecule has 1 aromatic heterocycles. The maximum atomic E-state index is 12.8. The van der Waals surface area contributed by atoms with Crippen LogP contribution in [0, 0.1) is 6.92 Å². The van der Waals surface area contributed by atoms with Gasteiger partial charge in [0.05, 0.1) is 26.5 Å². The number of thiazole rings is 1. The maximum Gasteiger partial charge on any atom is 0.416 e. The summed E-state index contributed by atoms with van der Waals surface area (Å²) in [5, 5.41) is 15.6. The lowest BCUT2D eigenvalue weighted by Gasteiger charge is -2.40. The molecule has 11 heteroatoms. The predicted octanol–water partition coefficient (Wildman–Crippen LogP) is 4.84. The zero-order valence-corrected chi connectivity index (χ0v) is 21.4. The Labute approximate surface area is 217 Å². The van der Waals surface area contributed by atoms with Gasteiger partial charge in [0.1, 0.15) is 11.9 Å². The largest absolute Gasteiger partial charge is 0.472 e. The Kier molecular flexibility index (Phi) is 7.39. The minimum Gasteiger partial charge on any atom is -0.472 e. The van der Waals surface area contributed by atoms with Crippen molar-refractivity contribution in [2.45, 2.75) is 44.9 Å². The van der Waals surface area contributed by atoms with Gasteiger partial charge in [0, 0.05) is 45.2 Å². The fourth-order valence-corrected chi connectivity index (χ4v) is 5.54. The van der Waals surface area contributed by atoms with E-state index in [1.807, 2.05) is 25.1 Å². The molecular weight excluding hydrogens is 505 g/mol. The zero-order valence-electron chi connectivity index (χ0n) is 20.6. The molecule has 7 nitrogen and oxygen atoms in total. The third-order valence-electron chi connectivity index (χ3n) is 6.65. The van der Waals surface area contributed by atoms with Crippen molar-refractivity contribution < 1.29 is 27.9 Å². The van der Waals surface area contributed by atoms with Gasteiger partial charge in [0.2, 0.25) is 0 Å². The predicted molar refractivity (Wildman–Crippen MR) is 136 cm³/mol. The van der Waals surface area contributed by atoms with Crippen LogP contribution in [0.4, 0.5) is 13.2 Å². The molecule has 2 unspecified atom stereocenters. The number of hydrogen-bond donors (Lipinski definition) is 1. The van der Waals surface area contributed by atoms with E-state index in [4.69, 9.17) is 9.57 Å². The van der Waals surface area contributed by atoms with Crippen LogP contribution in [-0.4, -0.2) is 70.7 Å². The average molecular weight is 535 g/mol. The van der Waals surface area contributed by atoms with Crippen LogP contribution in [0.1, 0.15) is 35.6 Å².